The van der Waals surface area contributed by atoms with Gasteiger partial charge in [-0.1, -0.05) is 44.9 Å². The van der Waals surface area contributed by atoms with Crippen molar-refractivity contribution in [3.63, 3.8) is 0 Å². The molecule has 63 heavy (non-hydrogen) atoms. The van der Waals surface area contributed by atoms with Crippen molar-refractivity contribution in [1.29, 1.82) is 0 Å². The summed E-state index contributed by atoms with van der Waals surface area (Å²) in [5.41, 5.74) is 1.27. The van der Waals surface area contributed by atoms with Gasteiger partial charge in [-0.05, 0) is 82.3 Å². The number of para-hydroxylation sites is 1. The predicted octanol–water partition coefficient (Wildman–Crippen LogP) is 6.63. The van der Waals surface area contributed by atoms with E-state index in [4.69, 9.17) is 28.6 Å². The number of aromatic nitrogens is 2. The second-order valence-electron chi connectivity index (χ2n) is 17.9. The van der Waals surface area contributed by atoms with Crippen LogP contribution in [0, 0.1) is 5.92 Å². The molecule has 3 N–H and O–H groups in total. The average Bonchev–Trinajstić information content (AvgIpc) is 3.89. The number of thiazole rings is 1. The van der Waals surface area contributed by atoms with Crippen molar-refractivity contribution in [3.05, 3.63) is 47.5 Å². The largest absolute Gasteiger partial charge is 0.493 e. The fraction of sp³-hybridized carbons (Fsp3) is 0.556. The molecule has 5 aliphatic rings. The number of rotatable bonds is 10. The van der Waals surface area contributed by atoms with E-state index in [-0.39, 0.29) is 31.4 Å². The molecular weight excluding hydrogens is 849 g/mol. The molecule has 5 atom stereocenters. The van der Waals surface area contributed by atoms with Gasteiger partial charge in [0.25, 0.3) is 5.91 Å². The number of alkyl carbamates (subject to hydrolysis) is 1. The summed E-state index contributed by atoms with van der Waals surface area (Å²) in [6.45, 7) is 4.08. The first-order valence-corrected chi connectivity index (χ1v) is 24.6. The minimum atomic E-state index is -3.92. The van der Waals surface area contributed by atoms with Crippen LogP contribution in [0.4, 0.5) is 4.79 Å². The van der Waals surface area contributed by atoms with Gasteiger partial charge in [-0.2, -0.15) is 0 Å². The van der Waals surface area contributed by atoms with Crippen molar-refractivity contribution in [2.75, 3.05) is 13.7 Å². The maximum atomic E-state index is 14.9. The van der Waals surface area contributed by atoms with Gasteiger partial charge in [0, 0.05) is 23.8 Å². The van der Waals surface area contributed by atoms with Crippen LogP contribution in [-0.4, -0.2) is 95.8 Å². The van der Waals surface area contributed by atoms with E-state index >= 15 is 0 Å². The number of benzene rings is 1. The lowest BCUT2D eigenvalue weighted by atomic mass is 10.0. The standard InChI is InChI=1S/C45H54N6O10S2/c1-25(2)33-24-62-41(47-33)32-21-36(39-37(46-32)30-15-11-17-35(58-3)38(30)61-39)59-28-20-34-40(52)49-45(43(54)50-63(56,57)29-18-19-29)22-26(45)12-7-5-4-6-8-16-31(42(53)51(34)23-28)48-44(55)60-27-13-9-10-14-27/h7,11-12,15,17,21,24-29,31,34H,4-6,8-10,13-14,16,18-20,22-23H2,1-3H3,(H,48,55)(H,49,52)(H,50,54)/b12-7-/t26-,28+,31-,34-,45+/m0/s1. The second kappa shape index (κ2) is 17.4. The summed E-state index contributed by atoms with van der Waals surface area (Å²) in [6.07, 6.45) is 9.89. The monoisotopic (exact) mass is 902 g/mol. The van der Waals surface area contributed by atoms with Gasteiger partial charge in [-0.15, -0.1) is 11.3 Å². The fourth-order valence-electron chi connectivity index (χ4n) is 9.09. The number of hydrogen-bond acceptors (Lipinski definition) is 13. The number of furan rings is 1. The highest BCUT2D eigenvalue weighted by Crippen LogP contribution is 2.47. The van der Waals surface area contributed by atoms with Crippen LogP contribution < -0.4 is 24.8 Å². The Morgan fingerprint density at radius 1 is 1.00 bits per heavy atom. The molecule has 2 aliphatic heterocycles. The van der Waals surface area contributed by atoms with Gasteiger partial charge in [0.2, 0.25) is 21.8 Å². The molecule has 0 bridgehead atoms. The van der Waals surface area contributed by atoms with Crippen LogP contribution in [0.3, 0.4) is 0 Å². The Kier molecular flexibility index (Phi) is 11.9. The zero-order chi connectivity index (χ0) is 44.0. The second-order valence-corrected chi connectivity index (χ2v) is 20.7. The summed E-state index contributed by atoms with van der Waals surface area (Å²) >= 11 is 1.46. The van der Waals surface area contributed by atoms with E-state index in [0.29, 0.717) is 76.4 Å². The summed E-state index contributed by atoms with van der Waals surface area (Å²) in [6, 6.07) is 5.11. The number of pyridine rings is 1. The Hall–Kier alpha value is -5.23. The number of sulfonamides is 1. The molecule has 1 aromatic carbocycles. The summed E-state index contributed by atoms with van der Waals surface area (Å²) in [5.74, 6) is -1.35. The normalized spacial score (nSPS) is 26.4. The quantitative estimate of drug-likeness (QED) is 0.143. The number of nitrogens with one attached hydrogen (secondary N) is 3. The highest BCUT2D eigenvalue weighted by atomic mass is 32.2. The molecule has 4 amide bonds. The van der Waals surface area contributed by atoms with E-state index in [1.165, 1.54) is 16.2 Å². The molecule has 18 heteroatoms. The van der Waals surface area contributed by atoms with Gasteiger partial charge in [0.05, 0.1) is 30.0 Å². The van der Waals surface area contributed by atoms with Crippen molar-refractivity contribution in [2.45, 2.75) is 138 Å². The van der Waals surface area contributed by atoms with E-state index in [1.54, 1.807) is 19.2 Å². The van der Waals surface area contributed by atoms with E-state index in [2.05, 4.69) is 29.2 Å². The van der Waals surface area contributed by atoms with Crippen LogP contribution in [0.25, 0.3) is 32.8 Å². The van der Waals surface area contributed by atoms with Crippen molar-refractivity contribution in [2.24, 2.45) is 5.92 Å². The fourth-order valence-corrected chi connectivity index (χ4v) is 11.4. The molecule has 0 spiro atoms. The molecule has 3 saturated carbocycles. The first-order valence-electron chi connectivity index (χ1n) is 22.2. The van der Waals surface area contributed by atoms with Gasteiger partial charge in [0.1, 0.15) is 46.0 Å². The van der Waals surface area contributed by atoms with Crippen LogP contribution in [0.15, 0.2) is 46.2 Å². The number of carbonyl (C=O) groups is 4. The third-order valence-electron chi connectivity index (χ3n) is 12.9. The number of hydrogen-bond donors (Lipinski definition) is 3. The Bertz CT molecular complexity index is 2560. The molecule has 0 radical (unpaired) electrons. The van der Waals surface area contributed by atoms with Crippen molar-refractivity contribution in [3.8, 4) is 22.2 Å². The zero-order valence-electron chi connectivity index (χ0n) is 35.7. The highest BCUT2D eigenvalue weighted by Gasteiger charge is 2.62. The van der Waals surface area contributed by atoms with Crippen LogP contribution >= 0.6 is 11.3 Å². The molecule has 336 valence electrons. The van der Waals surface area contributed by atoms with Gasteiger partial charge < -0.3 is 34.2 Å². The highest BCUT2D eigenvalue weighted by molar-refractivity contribution is 7.91. The number of amides is 4. The van der Waals surface area contributed by atoms with E-state index in [9.17, 15) is 27.6 Å². The number of carbonyl (C=O) groups excluding carboxylic acids is 4. The average molecular weight is 903 g/mol. The predicted molar refractivity (Wildman–Crippen MR) is 235 cm³/mol. The summed E-state index contributed by atoms with van der Waals surface area (Å²) in [5, 5.41) is 8.49. The molecular formula is C45H54N6O10S2. The lowest BCUT2D eigenvalue weighted by Crippen LogP contribution is -2.58. The lowest BCUT2D eigenvalue weighted by molar-refractivity contribution is -0.141. The van der Waals surface area contributed by atoms with Gasteiger partial charge in [0.15, 0.2) is 22.7 Å². The van der Waals surface area contributed by atoms with Crippen molar-refractivity contribution >= 4 is 67.2 Å². The van der Waals surface area contributed by atoms with Crippen LogP contribution in [0.1, 0.15) is 109 Å². The Morgan fingerprint density at radius 2 is 1.79 bits per heavy atom. The Morgan fingerprint density at radius 3 is 2.54 bits per heavy atom. The third-order valence-corrected chi connectivity index (χ3v) is 15.6. The van der Waals surface area contributed by atoms with E-state index < -0.39 is 68.7 Å². The molecule has 4 aromatic rings. The minimum absolute atomic E-state index is 0.00679. The summed E-state index contributed by atoms with van der Waals surface area (Å²) < 4.78 is 52.8. The maximum absolute atomic E-state index is 14.9. The lowest BCUT2D eigenvalue weighted by Gasteiger charge is -2.30. The van der Waals surface area contributed by atoms with E-state index in [1.807, 2.05) is 29.7 Å². The molecule has 5 heterocycles. The summed E-state index contributed by atoms with van der Waals surface area (Å²) in [4.78, 5) is 68.1. The van der Waals surface area contributed by atoms with Crippen LogP contribution in [0.2, 0.25) is 0 Å². The Labute approximate surface area is 369 Å². The molecule has 9 rings (SSSR count). The number of allylic oxidation sites excluding steroid dienone is 1. The zero-order valence-corrected chi connectivity index (χ0v) is 37.4. The van der Waals surface area contributed by atoms with E-state index in [0.717, 1.165) is 44.2 Å². The number of ether oxygens (including phenoxy) is 3. The maximum Gasteiger partial charge on any atom is 0.408 e. The van der Waals surface area contributed by atoms with Gasteiger partial charge in [-0.25, -0.2) is 23.2 Å². The molecule has 0 unspecified atom stereocenters. The smallest absolute Gasteiger partial charge is 0.408 e. The number of methoxy groups -OCH3 is 1. The molecule has 1 saturated heterocycles. The number of fused-ring (bicyclic) bond motifs is 5. The molecule has 4 fully saturated rings. The summed E-state index contributed by atoms with van der Waals surface area (Å²) in [7, 11) is -2.37. The first kappa shape index (κ1) is 43.0. The van der Waals surface area contributed by atoms with Crippen molar-refractivity contribution < 1.29 is 46.2 Å². The Balaban J connectivity index is 1.07. The first-order chi connectivity index (χ1) is 30.3. The third kappa shape index (κ3) is 8.84. The molecule has 16 nitrogen and oxygen atoms in total. The SMILES string of the molecule is COc1cccc2c1oc1c(O[C@@H]3C[C@H]4C(=O)N[C@]5(C(=O)NS(=O)(=O)C6CC6)C[C@@H]5/C=C\CCCCC[C@H](NC(=O)OC5CCCC5)C(=O)N4C3)cc(-c3nc(C(C)C)cs3)nc12. The molecule has 3 aliphatic carbocycles. The molecule has 3 aromatic heterocycles. The number of nitrogens with zero attached hydrogens (tertiary/aromatic N) is 3. The van der Waals surface area contributed by atoms with Crippen LogP contribution in [0.5, 0.6) is 11.5 Å². The van der Waals surface area contributed by atoms with Gasteiger partial charge in [-0.3, -0.25) is 19.1 Å². The minimum Gasteiger partial charge on any atom is -0.493 e. The topological polar surface area (TPSA) is 208 Å². The van der Waals surface area contributed by atoms with Crippen LogP contribution in [-0.2, 0) is 29.1 Å². The van der Waals surface area contributed by atoms with Gasteiger partial charge >= 0.3 is 6.09 Å². The van der Waals surface area contributed by atoms with Crippen molar-refractivity contribution in [1.82, 2.24) is 30.2 Å².